The molecular formula is C6H11FO. The third kappa shape index (κ3) is 5.63. The highest BCUT2D eigenvalue weighted by atomic mass is 19.1. The molecule has 0 saturated heterocycles. The first-order chi connectivity index (χ1) is 3.63. The van der Waals surface area contributed by atoms with Gasteiger partial charge in [0.2, 0.25) is 0 Å². The Morgan fingerprint density at radius 2 is 2.38 bits per heavy atom. The maximum atomic E-state index is 11.8. The molecule has 0 amide bonds. The van der Waals surface area contributed by atoms with E-state index >= 15 is 0 Å². The molecule has 0 spiro atoms. The van der Waals surface area contributed by atoms with Gasteiger partial charge in [0.15, 0.2) is 0 Å². The van der Waals surface area contributed by atoms with Crippen molar-refractivity contribution in [2.45, 2.75) is 26.4 Å². The van der Waals surface area contributed by atoms with Gasteiger partial charge in [-0.3, -0.25) is 0 Å². The molecule has 0 saturated carbocycles. The van der Waals surface area contributed by atoms with Gasteiger partial charge in [-0.2, -0.15) is 0 Å². The van der Waals surface area contributed by atoms with Gasteiger partial charge in [0.25, 0.3) is 0 Å². The molecule has 0 aliphatic carbocycles. The Hall–Kier alpha value is -0.370. The summed E-state index contributed by atoms with van der Waals surface area (Å²) < 4.78 is 11.8. The van der Waals surface area contributed by atoms with Crippen molar-refractivity contribution in [2.75, 3.05) is 0 Å². The number of aliphatic hydroxyl groups is 1. The lowest BCUT2D eigenvalue weighted by Gasteiger charge is -1.94. The first-order valence-electron chi connectivity index (χ1n) is 2.63. The number of hydrogen-bond acceptors (Lipinski definition) is 1. The second-order valence-corrected chi connectivity index (χ2v) is 1.88. The van der Waals surface area contributed by atoms with Gasteiger partial charge in [-0.05, 0) is 20.3 Å². The van der Waals surface area contributed by atoms with Gasteiger partial charge in [-0.1, -0.05) is 6.08 Å². The molecule has 1 unspecified atom stereocenters. The highest BCUT2D eigenvalue weighted by molar-refractivity contribution is 4.87. The van der Waals surface area contributed by atoms with E-state index in [4.69, 9.17) is 5.11 Å². The Morgan fingerprint density at radius 1 is 1.88 bits per heavy atom. The van der Waals surface area contributed by atoms with Gasteiger partial charge in [0, 0.05) is 0 Å². The van der Waals surface area contributed by atoms with Crippen molar-refractivity contribution in [1.82, 2.24) is 0 Å². The molecule has 2 heteroatoms. The van der Waals surface area contributed by atoms with Crippen molar-refractivity contribution in [3.8, 4) is 0 Å². The monoisotopic (exact) mass is 118 g/mol. The molecule has 0 aromatic carbocycles. The quantitative estimate of drug-likeness (QED) is 0.584. The van der Waals surface area contributed by atoms with E-state index < -0.39 is 6.10 Å². The maximum absolute atomic E-state index is 11.8. The summed E-state index contributed by atoms with van der Waals surface area (Å²) in [5.41, 5.74) is 0. The van der Waals surface area contributed by atoms with Crippen molar-refractivity contribution in [3.63, 3.8) is 0 Å². The molecular weight excluding hydrogens is 107 g/mol. The lowest BCUT2D eigenvalue weighted by molar-refractivity contribution is 0.198. The Morgan fingerprint density at radius 3 is 2.50 bits per heavy atom. The molecule has 1 N–H and O–H groups in total. The zero-order valence-electron chi connectivity index (χ0n) is 5.19. The number of halogens is 1. The fourth-order valence-electron chi connectivity index (χ4n) is 0.333. The summed E-state index contributed by atoms with van der Waals surface area (Å²) in [5, 5.41) is 8.59. The number of rotatable bonds is 2. The van der Waals surface area contributed by atoms with Gasteiger partial charge in [-0.15, -0.1) is 0 Å². The third-order valence-corrected chi connectivity index (χ3v) is 0.740. The molecule has 0 rings (SSSR count). The SMILES string of the molecule is C/C(F)=C\CC(C)O. The van der Waals surface area contributed by atoms with Gasteiger partial charge < -0.3 is 5.11 Å². The second kappa shape index (κ2) is 3.61. The Bertz CT molecular complexity index is 82.5. The predicted molar refractivity (Wildman–Crippen MR) is 31.2 cm³/mol. The highest BCUT2D eigenvalue weighted by Crippen LogP contribution is 1.98. The van der Waals surface area contributed by atoms with Crippen LogP contribution in [0.25, 0.3) is 0 Å². The smallest absolute Gasteiger partial charge is 0.0929 e. The first-order valence-corrected chi connectivity index (χ1v) is 2.63. The van der Waals surface area contributed by atoms with Crippen molar-refractivity contribution in [3.05, 3.63) is 11.9 Å². The Balaban J connectivity index is 3.29. The highest BCUT2D eigenvalue weighted by Gasteiger charge is 1.89. The van der Waals surface area contributed by atoms with Crippen LogP contribution in [0.3, 0.4) is 0 Å². The van der Waals surface area contributed by atoms with Gasteiger partial charge in [0.05, 0.1) is 11.9 Å². The summed E-state index contributed by atoms with van der Waals surface area (Å²) in [7, 11) is 0. The van der Waals surface area contributed by atoms with Crippen LogP contribution in [0.1, 0.15) is 20.3 Å². The molecule has 8 heavy (non-hydrogen) atoms. The largest absolute Gasteiger partial charge is 0.393 e. The van der Waals surface area contributed by atoms with Crippen LogP contribution in [0.5, 0.6) is 0 Å². The Kier molecular flexibility index (Phi) is 3.44. The standard InChI is InChI=1S/C6H11FO/c1-5(7)3-4-6(2)8/h3,6,8H,4H2,1-2H3/b5-3+. The molecule has 1 nitrogen and oxygen atoms in total. The summed E-state index contributed by atoms with van der Waals surface area (Å²) in [5.74, 6) is -0.231. The first kappa shape index (κ1) is 7.63. The lowest BCUT2D eigenvalue weighted by atomic mass is 10.3. The van der Waals surface area contributed by atoms with Gasteiger partial charge in [-0.25, -0.2) is 4.39 Å². The van der Waals surface area contributed by atoms with E-state index in [9.17, 15) is 4.39 Å². The van der Waals surface area contributed by atoms with E-state index in [1.54, 1.807) is 6.92 Å². The molecule has 1 atom stereocenters. The minimum absolute atomic E-state index is 0.231. The molecule has 0 fully saturated rings. The van der Waals surface area contributed by atoms with E-state index in [-0.39, 0.29) is 5.83 Å². The summed E-state index contributed by atoms with van der Waals surface area (Å²) in [6, 6.07) is 0. The van der Waals surface area contributed by atoms with Crippen LogP contribution in [-0.4, -0.2) is 11.2 Å². The molecule has 0 aromatic rings. The summed E-state index contributed by atoms with van der Waals surface area (Å²) in [6.07, 6.45) is 1.34. The second-order valence-electron chi connectivity index (χ2n) is 1.88. The zero-order chi connectivity index (χ0) is 6.57. The van der Waals surface area contributed by atoms with E-state index in [0.29, 0.717) is 6.42 Å². The van der Waals surface area contributed by atoms with E-state index in [2.05, 4.69) is 0 Å². The van der Waals surface area contributed by atoms with E-state index in [1.165, 1.54) is 13.0 Å². The van der Waals surface area contributed by atoms with Gasteiger partial charge >= 0.3 is 0 Å². The maximum Gasteiger partial charge on any atom is 0.0929 e. The number of hydrogen-bond donors (Lipinski definition) is 1. The van der Waals surface area contributed by atoms with E-state index in [1.807, 2.05) is 0 Å². The summed E-state index contributed by atoms with van der Waals surface area (Å²) >= 11 is 0. The summed E-state index contributed by atoms with van der Waals surface area (Å²) in [6.45, 7) is 2.99. The van der Waals surface area contributed by atoms with Gasteiger partial charge in [0.1, 0.15) is 0 Å². The van der Waals surface area contributed by atoms with Crippen LogP contribution >= 0.6 is 0 Å². The number of allylic oxidation sites excluding steroid dienone is 1. The van der Waals surface area contributed by atoms with Crippen LogP contribution in [0.2, 0.25) is 0 Å². The normalized spacial score (nSPS) is 16.2. The molecule has 0 bridgehead atoms. The van der Waals surface area contributed by atoms with Crippen LogP contribution in [0.15, 0.2) is 11.9 Å². The van der Waals surface area contributed by atoms with Crippen LogP contribution < -0.4 is 0 Å². The Labute approximate surface area is 48.8 Å². The van der Waals surface area contributed by atoms with Crippen molar-refractivity contribution >= 4 is 0 Å². The molecule has 0 aliphatic rings. The third-order valence-electron chi connectivity index (χ3n) is 0.740. The van der Waals surface area contributed by atoms with Crippen molar-refractivity contribution in [2.24, 2.45) is 0 Å². The summed E-state index contributed by atoms with van der Waals surface area (Å²) in [4.78, 5) is 0. The molecule has 0 heterocycles. The van der Waals surface area contributed by atoms with Crippen molar-refractivity contribution < 1.29 is 9.50 Å². The predicted octanol–water partition coefficient (Wildman–Crippen LogP) is 1.63. The average molecular weight is 118 g/mol. The molecule has 0 aromatic heterocycles. The zero-order valence-corrected chi connectivity index (χ0v) is 5.19. The minimum atomic E-state index is -0.430. The van der Waals surface area contributed by atoms with E-state index in [0.717, 1.165) is 0 Å². The van der Waals surface area contributed by atoms with Crippen LogP contribution in [-0.2, 0) is 0 Å². The minimum Gasteiger partial charge on any atom is -0.393 e. The fraction of sp³-hybridized carbons (Fsp3) is 0.667. The topological polar surface area (TPSA) is 20.2 Å². The number of aliphatic hydroxyl groups excluding tert-OH is 1. The molecule has 0 radical (unpaired) electrons. The van der Waals surface area contributed by atoms with Crippen LogP contribution in [0.4, 0.5) is 4.39 Å². The fourth-order valence-corrected chi connectivity index (χ4v) is 0.333. The van der Waals surface area contributed by atoms with Crippen molar-refractivity contribution in [1.29, 1.82) is 0 Å². The lowest BCUT2D eigenvalue weighted by Crippen LogP contribution is -1.95. The van der Waals surface area contributed by atoms with Crippen LogP contribution in [0, 0.1) is 0 Å². The molecule has 48 valence electrons. The average Bonchev–Trinajstić information content (AvgIpc) is 1.61. The molecule has 0 aliphatic heterocycles.